The third-order valence-electron chi connectivity index (χ3n) is 4.86. The Morgan fingerprint density at radius 2 is 0.971 bits per heavy atom. The fourth-order valence-corrected chi connectivity index (χ4v) is 3.40. The highest BCUT2D eigenvalue weighted by molar-refractivity contribution is 5.39. The van der Waals surface area contributed by atoms with E-state index in [-0.39, 0.29) is 18.0 Å². The summed E-state index contributed by atoms with van der Waals surface area (Å²) in [6, 6.07) is 24.8. The van der Waals surface area contributed by atoms with Crippen LogP contribution < -0.4 is 14.2 Å². The van der Waals surface area contributed by atoms with Gasteiger partial charge < -0.3 is 14.2 Å². The molecular weight excluding hydrogens is 438 g/mol. The standard InChI is InChI=1S/C29H27N3O3/c1-20(2)18-22-12-8-10-16-25(22)34-28-30-27(33-24-14-6-5-7-15-24)31-29(32-28)35-26-17-11-9-13-23(26)19-21(3)4/h5-17H,1,3,18-19H2,2,4H3. The second-order valence-electron chi connectivity index (χ2n) is 8.29. The molecule has 176 valence electrons. The van der Waals surface area contributed by atoms with E-state index in [1.54, 1.807) is 0 Å². The summed E-state index contributed by atoms with van der Waals surface area (Å²) in [5, 5.41) is 0. The van der Waals surface area contributed by atoms with Crippen LogP contribution in [0.25, 0.3) is 0 Å². The molecule has 6 nitrogen and oxygen atoms in total. The van der Waals surface area contributed by atoms with Gasteiger partial charge >= 0.3 is 18.0 Å². The molecule has 0 aliphatic carbocycles. The van der Waals surface area contributed by atoms with Crippen LogP contribution in [0.1, 0.15) is 25.0 Å². The summed E-state index contributed by atoms with van der Waals surface area (Å²) in [4.78, 5) is 13.2. The minimum atomic E-state index is 0.0611. The third kappa shape index (κ3) is 6.77. The van der Waals surface area contributed by atoms with Crippen molar-refractivity contribution in [2.24, 2.45) is 0 Å². The minimum Gasteiger partial charge on any atom is -0.424 e. The van der Waals surface area contributed by atoms with Crippen molar-refractivity contribution in [3.8, 4) is 35.3 Å². The lowest BCUT2D eigenvalue weighted by molar-refractivity contribution is 0.360. The normalized spacial score (nSPS) is 10.5. The molecule has 0 amide bonds. The van der Waals surface area contributed by atoms with E-state index in [0.717, 1.165) is 22.3 Å². The maximum atomic E-state index is 6.08. The number of hydrogen-bond acceptors (Lipinski definition) is 6. The molecule has 0 aliphatic rings. The predicted octanol–water partition coefficient (Wildman–Crippen LogP) is 7.49. The van der Waals surface area contributed by atoms with E-state index >= 15 is 0 Å². The van der Waals surface area contributed by atoms with Crippen LogP contribution in [0.5, 0.6) is 35.3 Å². The number of aromatic nitrogens is 3. The molecule has 0 N–H and O–H groups in total. The number of benzene rings is 3. The zero-order valence-electron chi connectivity index (χ0n) is 19.9. The van der Waals surface area contributed by atoms with E-state index in [1.807, 2.05) is 92.7 Å². The van der Waals surface area contributed by atoms with Crippen LogP contribution in [-0.4, -0.2) is 15.0 Å². The summed E-state index contributed by atoms with van der Waals surface area (Å²) in [6.07, 6.45) is 1.35. The quantitative estimate of drug-likeness (QED) is 0.226. The first-order valence-electron chi connectivity index (χ1n) is 11.3. The van der Waals surface area contributed by atoms with Gasteiger partial charge in [0.1, 0.15) is 17.2 Å². The molecule has 0 spiro atoms. The highest BCUT2D eigenvalue weighted by Crippen LogP contribution is 2.30. The summed E-state index contributed by atoms with van der Waals surface area (Å²) in [6.45, 7) is 12.0. The van der Waals surface area contributed by atoms with Crippen LogP contribution in [-0.2, 0) is 12.8 Å². The first-order valence-corrected chi connectivity index (χ1v) is 11.3. The highest BCUT2D eigenvalue weighted by Gasteiger charge is 2.15. The van der Waals surface area contributed by atoms with E-state index in [2.05, 4.69) is 28.1 Å². The van der Waals surface area contributed by atoms with Gasteiger partial charge in [0.25, 0.3) is 0 Å². The van der Waals surface area contributed by atoms with E-state index in [9.17, 15) is 0 Å². The van der Waals surface area contributed by atoms with Crippen molar-refractivity contribution in [3.05, 3.63) is 114 Å². The minimum absolute atomic E-state index is 0.0611. The summed E-state index contributed by atoms with van der Waals surface area (Å²) < 4.78 is 18.0. The van der Waals surface area contributed by atoms with Crippen molar-refractivity contribution >= 4 is 0 Å². The average Bonchev–Trinajstić information content (AvgIpc) is 2.82. The molecular formula is C29H27N3O3. The highest BCUT2D eigenvalue weighted by atomic mass is 16.5. The number of ether oxygens (including phenoxy) is 3. The van der Waals surface area contributed by atoms with Crippen molar-refractivity contribution < 1.29 is 14.2 Å². The van der Waals surface area contributed by atoms with Crippen molar-refractivity contribution in [3.63, 3.8) is 0 Å². The van der Waals surface area contributed by atoms with Gasteiger partial charge in [-0.05, 0) is 62.1 Å². The summed E-state index contributed by atoms with van der Waals surface area (Å²) in [7, 11) is 0. The number of rotatable bonds is 10. The molecule has 6 heteroatoms. The van der Waals surface area contributed by atoms with Gasteiger partial charge in [-0.15, -0.1) is 15.0 Å². The Balaban J connectivity index is 1.69. The molecule has 0 aliphatic heterocycles. The second kappa shape index (κ2) is 11.1. The summed E-state index contributed by atoms with van der Waals surface area (Å²) in [5.74, 6) is 1.84. The van der Waals surface area contributed by atoms with E-state index in [4.69, 9.17) is 14.2 Å². The van der Waals surface area contributed by atoms with Gasteiger partial charge in [0.15, 0.2) is 0 Å². The van der Waals surface area contributed by atoms with E-state index in [1.165, 1.54) is 0 Å². The summed E-state index contributed by atoms with van der Waals surface area (Å²) >= 11 is 0. The number of allylic oxidation sites excluding steroid dienone is 2. The molecule has 1 aromatic heterocycles. The van der Waals surface area contributed by atoms with Gasteiger partial charge in [-0.25, -0.2) is 0 Å². The fraction of sp³-hybridized carbons (Fsp3) is 0.138. The molecule has 4 rings (SSSR count). The van der Waals surface area contributed by atoms with Crippen LogP contribution in [0.4, 0.5) is 0 Å². The fourth-order valence-electron chi connectivity index (χ4n) is 3.40. The lowest BCUT2D eigenvalue weighted by atomic mass is 10.1. The molecule has 0 saturated heterocycles. The van der Waals surface area contributed by atoms with Crippen LogP contribution in [0.15, 0.2) is 103 Å². The lowest BCUT2D eigenvalue weighted by Gasteiger charge is -2.13. The molecule has 0 fully saturated rings. The summed E-state index contributed by atoms with van der Waals surface area (Å²) in [5.41, 5.74) is 3.98. The number of para-hydroxylation sites is 3. The van der Waals surface area contributed by atoms with Crippen molar-refractivity contribution in [1.29, 1.82) is 0 Å². The van der Waals surface area contributed by atoms with Crippen molar-refractivity contribution in [1.82, 2.24) is 15.0 Å². The Bertz CT molecular complexity index is 1260. The van der Waals surface area contributed by atoms with E-state index in [0.29, 0.717) is 30.1 Å². The Morgan fingerprint density at radius 1 is 0.571 bits per heavy atom. The third-order valence-corrected chi connectivity index (χ3v) is 4.86. The first kappa shape index (κ1) is 23.7. The molecule has 0 saturated carbocycles. The molecule has 3 aromatic carbocycles. The molecule has 35 heavy (non-hydrogen) atoms. The lowest BCUT2D eigenvalue weighted by Crippen LogP contribution is -2.03. The topological polar surface area (TPSA) is 66.4 Å². The Hall–Kier alpha value is -4.45. The zero-order chi connectivity index (χ0) is 24.6. The predicted molar refractivity (Wildman–Crippen MR) is 136 cm³/mol. The van der Waals surface area contributed by atoms with Crippen LogP contribution in [0.3, 0.4) is 0 Å². The molecule has 0 atom stereocenters. The SMILES string of the molecule is C=C(C)Cc1ccccc1Oc1nc(Oc2ccccc2)nc(Oc2ccccc2CC(=C)C)n1. The maximum Gasteiger partial charge on any atom is 0.331 e. The van der Waals surface area contributed by atoms with Gasteiger partial charge in [0, 0.05) is 0 Å². The van der Waals surface area contributed by atoms with Gasteiger partial charge in [-0.2, -0.15) is 0 Å². The molecule has 0 bridgehead atoms. The average molecular weight is 466 g/mol. The smallest absolute Gasteiger partial charge is 0.331 e. The first-order chi connectivity index (χ1) is 17.0. The largest absolute Gasteiger partial charge is 0.424 e. The van der Waals surface area contributed by atoms with Gasteiger partial charge in [0.2, 0.25) is 0 Å². The van der Waals surface area contributed by atoms with Crippen molar-refractivity contribution in [2.75, 3.05) is 0 Å². The zero-order valence-corrected chi connectivity index (χ0v) is 19.9. The Kier molecular flexibility index (Phi) is 7.53. The van der Waals surface area contributed by atoms with Gasteiger partial charge in [-0.1, -0.05) is 78.9 Å². The Morgan fingerprint density at radius 3 is 1.43 bits per heavy atom. The monoisotopic (exact) mass is 465 g/mol. The number of nitrogens with zero attached hydrogens (tertiary/aromatic N) is 3. The molecule has 0 unspecified atom stereocenters. The van der Waals surface area contributed by atoms with Crippen molar-refractivity contribution in [2.45, 2.75) is 26.7 Å². The maximum absolute atomic E-state index is 6.08. The second-order valence-corrected chi connectivity index (χ2v) is 8.29. The van der Waals surface area contributed by atoms with Crippen LogP contribution in [0, 0.1) is 0 Å². The molecule has 0 radical (unpaired) electrons. The van der Waals surface area contributed by atoms with Gasteiger partial charge in [-0.3, -0.25) is 0 Å². The number of hydrogen-bond donors (Lipinski definition) is 0. The Labute approximate surface area is 205 Å². The van der Waals surface area contributed by atoms with Crippen LogP contribution >= 0.6 is 0 Å². The van der Waals surface area contributed by atoms with Gasteiger partial charge in [0.05, 0.1) is 0 Å². The molecule has 1 heterocycles. The van der Waals surface area contributed by atoms with Crippen LogP contribution in [0.2, 0.25) is 0 Å². The molecule has 4 aromatic rings. The van der Waals surface area contributed by atoms with E-state index < -0.39 is 0 Å².